The molecule has 1 amide bonds. The summed E-state index contributed by atoms with van der Waals surface area (Å²) in [5, 5.41) is 2.82. The Morgan fingerprint density at radius 1 is 1.04 bits per heavy atom. The summed E-state index contributed by atoms with van der Waals surface area (Å²) in [6.45, 7) is 0.964. The lowest BCUT2D eigenvalue weighted by Crippen LogP contribution is -2.28. The molecule has 0 spiro atoms. The zero-order valence-electron chi connectivity index (χ0n) is 13.6. The van der Waals surface area contributed by atoms with Crippen LogP contribution in [0.2, 0.25) is 0 Å². The number of nitrogens with one attached hydrogen (secondary N) is 1. The van der Waals surface area contributed by atoms with Gasteiger partial charge in [-0.15, -0.1) is 11.6 Å². The first kappa shape index (κ1) is 17.2. The molecule has 0 saturated heterocycles. The van der Waals surface area contributed by atoms with Gasteiger partial charge < -0.3 is 9.88 Å². The summed E-state index contributed by atoms with van der Waals surface area (Å²) >= 11 is 5.69. The first-order valence-corrected chi connectivity index (χ1v) is 8.55. The van der Waals surface area contributed by atoms with Crippen LogP contribution in [0.15, 0.2) is 66.9 Å². The molecule has 3 rings (SSSR count). The van der Waals surface area contributed by atoms with E-state index in [1.165, 1.54) is 12.1 Å². The minimum Gasteiger partial charge on any atom is -0.350 e. The Morgan fingerprint density at radius 3 is 2.44 bits per heavy atom. The van der Waals surface area contributed by atoms with Crippen LogP contribution >= 0.6 is 11.6 Å². The third-order valence-electron chi connectivity index (χ3n) is 3.91. The molecule has 1 aromatic heterocycles. The van der Waals surface area contributed by atoms with Gasteiger partial charge in [-0.05, 0) is 29.3 Å². The van der Waals surface area contributed by atoms with E-state index in [9.17, 15) is 9.18 Å². The van der Waals surface area contributed by atoms with Crippen LogP contribution in [0.1, 0.15) is 16.1 Å². The molecule has 0 aliphatic rings. The Morgan fingerprint density at radius 2 is 1.76 bits per heavy atom. The van der Waals surface area contributed by atoms with Crippen molar-refractivity contribution in [2.24, 2.45) is 0 Å². The maximum Gasteiger partial charge on any atom is 0.268 e. The van der Waals surface area contributed by atoms with Crippen LogP contribution in [0.5, 0.6) is 0 Å². The predicted octanol–water partition coefficient (Wildman–Crippen LogP) is 4.31. The molecule has 0 unspecified atom stereocenters. The lowest BCUT2D eigenvalue weighted by molar-refractivity contribution is 0.0948. The number of benzene rings is 2. The van der Waals surface area contributed by atoms with Gasteiger partial charge in [0.05, 0.1) is 0 Å². The van der Waals surface area contributed by atoms with E-state index in [-0.39, 0.29) is 11.7 Å². The molecule has 0 saturated carbocycles. The highest BCUT2D eigenvalue weighted by atomic mass is 35.5. The smallest absolute Gasteiger partial charge is 0.268 e. The number of carbonyl (C=O) groups excluding carboxylic acids is 1. The zero-order valence-corrected chi connectivity index (χ0v) is 14.3. The molecule has 2 aromatic carbocycles. The molecule has 0 radical (unpaired) electrons. The Bertz CT molecular complexity index is 844. The number of halogens is 2. The summed E-state index contributed by atoms with van der Waals surface area (Å²) in [6.07, 6.45) is 1.88. The van der Waals surface area contributed by atoms with E-state index in [4.69, 9.17) is 11.6 Å². The standard InChI is InChI=1S/C20H18ClFN2O/c21-11-12-23-20(25)19-18(16-6-8-17(22)9-7-16)10-13-24(19)14-15-4-2-1-3-5-15/h1-10,13H,11-12,14H2,(H,23,25). The molecule has 0 bridgehead atoms. The quantitative estimate of drug-likeness (QED) is 0.656. The summed E-state index contributed by atoms with van der Waals surface area (Å²) in [7, 11) is 0. The van der Waals surface area contributed by atoms with Gasteiger partial charge >= 0.3 is 0 Å². The highest BCUT2D eigenvalue weighted by Gasteiger charge is 2.18. The van der Waals surface area contributed by atoms with Crippen molar-refractivity contribution in [2.75, 3.05) is 12.4 Å². The highest BCUT2D eigenvalue weighted by Crippen LogP contribution is 2.26. The van der Waals surface area contributed by atoms with Gasteiger partial charge in [0, 0.05) is 30.7 Å². The number of aromatic nitrogens is 1. The third kappa shape index (κ3) is 4.09. The van der Waals surface area contributed by atoms with Gasteiger partial charge in [-0.1, -0.05) is 42.5 Å². The summed E-state index contributed by atoms with van der Waals surface area (Å²) in [5.74, 6) is -0.154. The number of rotatable bonds is 6. The van der Waals surface area contributed by atoms with Crippen molar-refractivity contribution in [3.63, 3.8) is 0 Å². The van der Waals surface area contributed by atoms with Crippen LogP contribution in [0.25, 0.3) is 11.1 Å². The molecular formula is C20H18ClFN2O. The molecule has 1 N–H and O–H groups in total. The number of carbonyl (C=O) groups is 1. The van der Waals surface area contributed by atoms with Gasteiger partial charge in [-0.25, -0.2) is 4.39 Å². The summed E-state index contributed by atoms with van der Waals surface area (Å²) in [5.41, 5.74) is 3.20. The first-order chi connectivity index (χ1) is 12.2. The van der Waals surface area contributed by atoms with E-state index >= 15 is 0 Å². The van der Waals surface area contributed by atoms with Gasteiger partial charge in [0.15, 0.2) is 0 Å². The first-order valence-electron chi connectivity index (χ1n) is 8.02. The molecule has 0 aliphatic heterocycles. The monoisotopic (exact) mass is 356 g/mol. The minimum atomic E-state index is -0.305. The molecule has 0 aliphatic carbocycles. The average Bonchev–Trinajstić information content (AvgIpc) is 3.05. The number of amides is 1. The normalized spacial score (nSPS) is 10.6. The SMILES string of the molecule is O=C(NCCCl)c1c(-c2ccc(F)cc2)ccn1Cc1ccccc1. The van der Waals surface area contributed by atoms with E-state index in [1.54, 1.807) is 12.1 Å². The number of nitrogens with zero attached hydrogens (tertiary/aromatic N) is 1. The predicted molar refractivity (Wildman–Crippen MR) is 98.4 cm³/mol. The molecule has 0 fully saturated rings. The van der Waals surface area contributed by atoms with Crippen LogP contribution < -0.4 is 5.32 Å². The number of alkyl halides is 1. The average molecular weight is 357 g/mol. The molecule has 3 nitrogen and oxygen atoms in total. The Kier molecular flexibility index (Phi) is 5.51. The molecule has 1 heterocycles. The Labute approximate surface area is 151 Å². The molecule has 25 heavy (non-hydrogen) atoms. The second kappa shape index (κ2) is 7.99. The fraction of sp³-hybridized carbons (Fsp3) is 0.150. The Hall–Kier alpha value is -2.59. The fourth-order valence-corrected chi connectivity index (χ4v) is 2.84. The fourth-order valence-electron chi connectivity index (χ4n) is 2.74. The molecule has 128 valence electrons. The van der Waals surface area contributed by atoms with Crippen molar-refractivity contribution in [1.82, 2.24) is 9.88 Å². The maximum atomic E-state index is 13.2. The topological polar surface area (TPSA) is 34.0 Å². The maximum absolute atomic E-state index is 13.2. The Balaban J connectivity index is 2.00. The van der Waals surface area contributed by atoms with E-state index in [0.717, 1.165) is 16.7 Å². The van der Waals surface area contributed by atoms with Crippen LogP contribution in [0.4, 0.5) is 4.39 Å². The van der Waals surface area contributed by atoms with Gasteiger partial charge in [0.1, 0.15) is 11.5 Å². The van der Waals surface area contributed by atoms with E-state index < -0.39 is 0 Å². The van der Waals surface area contributed by atoms with Crippen molar-refractivity contribution >= 4 is 17.5 Å². The third-order valence-corrected chi connectivity index (χ3v) is 4.10. The van der Waals surface area contributed by atoms with Gasteiger partial charge in [-0.2, -0.15) is 0 Å². The molecule has 0 atom stereocenters. The minimum absolute atomic E-state index is 0.194. The summed E-state index contributed by atoms with van der Waals surface area (Å²) < 4.78 is 15.1. The molecular weight excluding hydrogens is 339 g/mol. The number of hydrogen-bond donors (Lipinski definition) is 1. The van der Waals surface area contributed by atoms with Crippen LogP contribution in [-0.2, 0) is 6.54 Å². The van der Waals surface area contributed by atoms with Crippen LogP contribution in [0.3, 0.4) is 0 Å². The molecule has 3 aromatic rings. The lowest BCUT2D eigenvalue weighted by Gasteiger charge is -2.12. The zero-order chi connectivity index (χ0) is 17.6. The second-order valence-corrected chi connectivity index (χ2v) is 6.02. The van der Waals surface area contributed by atoms with E-state index in [2.05, 4.69) is 5.32 Å². The van der Waals surface area contributed by atoms with Crippen LogP contribution in [-0.4, -0.2) is 22.9 Å². The number of hydrogen-bond acceptors (Lipinski definition) is 1. The van der Waals surface area contributed by atoms with Gasteiger partial charge in [0.25, 0.3) is 5.91 Å². The van der Waals surface area contributed by atoms with Crippen molar-refractivity contribution in [3.05, 3.63) is 83.9 Å². The molecule has 5 heteroatoms. The van der Waals surface area contributed by atoms with E-state index in [1.807, 2.05) is 47.2 Å². The summed E-state index contributed by atoms with van der Waals surface area (Å²) in [6, 6.07) is 17.9. The van der Waals surface area contributed by atoms with Crippen molar-refractivity contribution in [1.29, 1.82) is 0 Å². The van der Waals surface area contributed by atoms with E-state index in [0.29, 0.717) is 24.7 Å². The largest absolute Gasteiger partial charge is 0.350 e. The van der Waals surface area contributed by atoms with Gasteiger partial charge in [-0.3, -0.25) is 4.79 Å². The lowest BCUT2D eigenvalue weighted by atomic mass is 10.1. The summed E-state index contributed by atoms with van der Waals surface area (Å²) in [4.78, 5) is 12.7. The van der Waals surface area contributed by atoms with Crippen LogP contribution in [0, 0.1) is 5.82 Å². The van der Waals surface area contributed by atoms with Crippen molar-refractivity contribution in [2.45, 2.75) is 6.54 Å². The van der Waals surface area contributed by atoms with Gasteiger partial charge in [0.2, 0.25) is 0 Å². The second-order valence-electron chi connectivity index (χ2n) is 5.64. The van der Waals surface area contributed by atoms with Crippen molar-refractivity contribution in [3.8, 4) is 11.1 Å². The van der Waals surface area contributed by atoms with Crippen molar-refractivity contribution < 1.29 is 9.18 Å². The highest BCUT2D eigenvalue weighted by molar-refractivity contribution is 6.18.